The van der Waals surface area contributed by atoms with Crippen LogP contribution in [0.1, 0.15) is 23.6 Å². The smallest absolute Gasteiger partial charge is 0.311 e. The molecule has 1 atom stereocenters. The number of carboxylic acid groups (broad SMARTS) is 1. The molecule has 0 fully saturated rings. The number of hydrogen-bond acceptors (Lipinski definition) is 2. The first kappa shape index (κ1) is 14.5. The molecule has 0 aliphatic rings. The van der Waals surface area contributed by atoms with Gasteiger partial charge in [-0.15, -0.1) is 6.58 Å². The van der Waals surface area contributed by atoms with Gasteiger partial charge in [0.1, 0.15) is 5.75 Å². The van der Waals surface area contributed by atoms with Crippen LogP contribution in [0.5, 0.6) is 5.75 Å². The second-order valence-corrected chi connectivity index (χ2v) is 5.02. The lowest BCUT2D eigenvalue weighted by atomic mass is 9.93. The van der Waals surface area contributed by atoms with E-state index in [0.717, 1.165) is 22.2 Å². The number of hydrogen-bond donors (Lipinski definition) is 2. The Labute approximate surface area is 122 Å². The fraction of sp³-hybridized carbons (Fsp3) is 0.267. The molecule has 2 aromatic rings. The van der Waals surface area contributed by atoms with E-state index in [-0.39, 0.29) is 0 Å². The number of ether oxygens (including phenoxy) is 1. The van der Waals surface area contributed by atoms with E-state index < -0.39 is 11.9 Å². The van der Waals surface area contributed by atoms with Crippen LogP contribution in [-0.4, -0.2) is 23.2 Å². The minimum Gasteiger partial charge on any atom is -0.495 e. The molecule has 0 amide bonds. The molecule has 20 heavy (non-hydrogen) atoms. The third-order valence-corrected chi connectivity index (χ3v) is 3.65. The fourth-order valence-electron chi connectivity index (χ4n) is 2.47. The highest BCUT2D eigenvalue weighted by Crippen LogP contribution is 2.37. The second-order valence-electron chi connectivity index (χ2n) is 4.61. The van der Waals surface area contributed by atoms with Crippen LogP contribution in [0.3, 0.4) is 0 Å². The van der Waals surface area contributed by atoms with Gasteiger partial charge in [0.05, 0.1) is 18.1 Å². The van der Waals surface area contributed by atoms with E-state index in [1.165, 1.54) is 7.11 Å². The molecule has 0 aliphatic carbocycles. The summed E-state index contributed by atoms with van der Waals surface area (Å²) >= 11 is 6.09. The number of aromatic nitrogens is 1. The van der Waals surface area contributed by atoms with Crippen molar-refractivity contribution in [1.29, 1.82) is 0 Å². The van der Waals surface area contributed by atoms with Crippen LogP contribution in [0, 0.1) is 6.92 Å². The number of benzene rings is 1. The molecule has 0 radical (unpaired) electrons. The molecule has 0 spiro atoms. The first-order chi connectivity index (χ1) is 9.49. The lowest BCUT2D eigenvalue weighted by Gasteiger charge is -2.11. The van der Waals surface area contributed by atoms with E-state index in [2.05, 4.69) is 11.6 Å². The van der Waals surface area contributed by atoms with Gasteiger partial charge < -0.3 is 14.8 Å². The molecule has 1 aromatic carbocycles. The number of nitrogens with one attached hydrogen (secondary N) is 1. The fourth-order valence-corrected chi connectivity index (χ4v) is 2.71. The van der Waals surface area contributed by atoms with E-state index in [1.54, 1.807) is 18.2 Å². The van der Waals surface area contributed by atoms with Crippen LogP contribution in [-0.2, 0) is 4.79 Å². The average Bonchev–Trinajstić information content (AvgIpc) is 2.69. The minimum atomic E-state index is -0.872. The summed E-state index contributed by atoms with van der Waals surface area (Å²) in [6, 6.07) is 3.52. The summed E-state index contributed by atoms with van der Waals surface area (Å²) < 4.78 is 5.20. The molecule has 0 saturated carbocycles. The monoisotopic (exact) mass is 293 g/mol. The quantitative estimate of drug-likeness (QED) is 0.822. The molecular weight excluding hydrogens is 278 g/mol. The molecule has 2 rings (SSSR count). The molecule has 4 nitrogen and oxygen atoms in total. The van der Waals surface area contributed by atoms with E-state index in [4.69, 9.17) is 16.3 Å². The van der Waals surface area contributed by atoms with Gasteiger partial charge in [-0.2, -0.15) is 0 Å². The number of aryl methyl sites for hydroxylation is 1. The molecule has 106 valence electrons. The highest BCUT2D eigenvalue weighted by atomic mass is 35.5. The number of methoxy groups -OCH3 is 1. The van der Waals surface area contributed by atoms with E-state index in [1.807, 2.05) is 6.92 Å². The Morgan fingerprint density at radius 1 is 1.60 bits per heavy atom. The largest absolute Gasteiger partial charge is 0.495 e. The Bertz CT molecular complexity index is 675. The lowest BCUT2D eigenvalue weighted by molar-refractivity contribution is -0.138. The van der Waals surface area contributed by atoms with Crippen molar-refractivity contribution in [3.8, 4) is 5.75 Å². The van der Waals surface area contributed by atoms with Crippen molar-refractivity contribution in [2.75, 3.05) is 7.11 Å². The molecule has 1 heterocycles. The molecule has 1 aromatic heterocycles. The number of fused-ring (bicyclic) bond motifs is 1. The minimum absolute atomic E-state index is 0.369. The van der Waals surface area contributed by atoms with Crippen molar-refractivity contribution < 1.29 is 14.6 Å². The number of allylic oxidation sites excluding steroid dienone is 1. The van der Waals surface area contributed by atoms with Crippen LogP contribution in [0.2, 0.25) is 5.02 Å². The lowest BCUT2D eigenvalue weighted by Crippen LogP contribution is -2.11. The summed E-state index contributed by atoms with van der Waals surface area (Å²) in [4.78, 5) is 14.7. The first-order valence-electron chi connectivity index (χ1n) is 6.19. The summed E-state index contributed by atoms with van der Waals surface area (Å²) in [5.74, 6) is -0.975. The number of aromatic amines is 1. The van der Waals surface area contributed by atoms with Gasteiger partial charge in [-0.1, -0.05) is 17.7 Å². The number of rotatable bonds is 5. The zero-order chi connectivity index (χ0) is 14.9. The molecule has 0 saturated heterocycles. The van der Waals surface area contributed by atoms with Gasteiger partial charge in [0.15, 0.2) is 0 Å². The van der Waals surface area contributed by atoms with Gasteiger partial charge in [-0.05, 0) is 31.0 Å². The van der Waals surface area contributed by atoms with E-state index in [9.17, 15) is 9.90 Å². The Hall–Kier alpha value is -1.94. The Morgan fingerprint density at radius 3 is 2.85 bits per heavy atom. The Kier molecular flexibility index (Phi) is 4.04. The van der Waals surface area contributed by atoms with Gasteiger partial charge in [0.2, 0.25) is 0 Å². The standard InChI is InChI=1S/C15H16ClNO3/c1-4-5-9(15(18)19)14-8(2)17-12-7-11(16)13(20-3)6-10(12)14/h4,6-7,9,17H,1,5H2,2-3H3,(H,18,19). The summed E-state index contributed by atoms with van der Waals surface area (Å²) in [7, 11) is 1.53. The molecule has 2 N–H and O–H groups in total. The van der Waals surface area contributed by atoms with Crippen LogP contribution in [0.25, 0.3) is 10.9 Å². The van der Waals surface area contributed by atoms with Crippen LogP contribution < -0.4 is 4.74 Å². The maximum Gasteiger partial charge on any atom is 0.311 e. The second kappa shape index (κ2) is 5.59. The van der Waals surface area contributed by atoms with Crippen molar-refractivity contribution in [3.05, 3.63) is 41.1 Å². The molecule has 0 bridgehead atoms. The predicted molar refractivity (Wildman–Crippen MR) is 79.8 cm³/mol. The third-order valence-electron chi connectivity index (χ3n) is 3.36. The van der Waals surface area contributed by atoms with Gasteiger partial charge in [0, 0.05) is 16.6 Å². The van der Waals surface area contributed by atoms with Crippen LogP contribution in [0.4, 0.5) is 0 Å². The maximum atomic E-state index is 11.5. The maximum absolute atomic E-state index is 11.5. The number of halogens is 1. The first-order valence-corrected chi connectivity index (χ1v) is 6.56. The van der Waals surface area contributed by atoms with Crippen molar-refractivity contribution >= 4 is 28.5 Å². The number of carbonyl (C=O) groups is 1. The third kappa shape index (κ3) is 2.39. The van der Waals surface area contributed by atoms with Crippen molar-refractivity contribution in [3.63, 3.8) is 0 Å². The van der Waals surface area contributed by atoms with Crippen molar-refractivity contribution in [2.45, 2.75) is 19.3 Å². The normalized spacial score (nSPS) is 12.3. The highest BCUT2D eigenvalue weighted by Gasteiger charge is 2.25. The number of H-pyrrole nitrogens is 1. The predicted octanol–water partition coefficient (Wildman–Crippen LogP) is 3.88. The molecule has 5 heteroatoms. The van der Waals surface area contributed by atoms with Gasteiger partial charge in [-0.25, -0.2) is 0 Å². The summed E-state index contributed by atoms with van der Waals surface area (Å²) in [5, 5.41) is 10.7. The highest BCUT2D eigenvalue weighted by molar-refractivity contribution is 6.32. The Balaban J connectivity index is 2.71. The number of carboxylic acids is 1. The zero-order valence-corrected chi connectivity index (χ0v) is 12.1. The van der Waals surface area contributed by atoms with Crippen LogP contribution >= 0.6 is 11.6 Å². The molecule has 1 unspecified atom stereocenters. The van der Waals surface area contributed by atoms with Gasteiger partial charge in [-0.3, -0.25) is 4.79 Å². The van der Waals surface area contributed by atoms with Gasteiger partial charge in [0.25, 0.3) is 0 Å². The summed E-state index contributed by atoms with van der Waals surface area (Å²) in [6.07, 6.45) is 1.98. The van der Waals surface area contributed by atoms with E-state index >= 15 is 0 Å². The van der Waals surface area contributed by atoms with Crippen LogP contribution in [0.15, 0.2) is 24.8 Å². The number of aliphatic carboxylic acids is 1. The van der Waals surface area contributed by atoms with Crippen molar-refractivity contribution in [2.24, 2.45) is 0 Å². The Morgan fingerprint density at radius 2 is 2.30 bits per heavy atom. The molecular formula is C15H16ClNO3. The average molecular weight is 294 g/mol. The van der Waals surface area contributed by atoms with E-state index in [0.29, 0.717) is 17.2 Å². The zero-order valence-electron chi connectivity index (χ0n) is 11.4. The summed E-state index contributed by atoms with van der Waals surface area (Å²) in [6.45, 7) is 5.49. The molecule has 0 aliphatic heterocycles. The SMILES string of the molecule is C=CCC(C(=O)O)c1c(C)[nH]c2cc(Cl)c(OC)cc12. The summed E-state index contributed by atoms with van der Waals surface area (Å²) in [5.41, 5.74) is 2.37. The van der Waals surface area contributed by atoms with Crippen molar-refractivity contribution in [1.82, 2.24) is 4.98 Å². The van der Waals surface area contributed by atoms with Gasteiger partial charge >= 0.3 is 5.97 Å². The topological polar surface area (TPSA) is 62.3 Å².